The summed E-state index contributed by atoms with van der Waals surface area (Å²) in [4.78, 5) is 0. The van der Waals surface area contributed by atoms with E-state index in [1.165, 1.54) is 0 Å². The molecule has 1 aromatic carbocycles. The Morgan fingerprint density at radius 2 is 1.37 bits per heavy atom. The first-order chi connectivity index (χ1) is 16.6. The maximum Gasteiger partial charge on any atom is 0.363 e. The van der Waals surface area contributed by atoms with Crippen molar-refractivity contribution < 1.29 is 28.2 Å². The van der Waals surface area contributed by atoms with Crippen LogP contribution in [0, 0.1) is 35.5 Å². The average Bonchev–Trinajstić information content (AvgIpc) is 3.26. The number of benzene rings is 1. The lowest BCUT2D eigenvalue weighted by Crippen LogP contribution is -2.37. The molecule has 35 heavy (non-hydrogen) atoms. The van der Waals surface area contributed by atoms with Gasteiger partial charge in [0.15, 0.2) is 17.3 Å². The Hall–Kier alpha value is -1.07. The number of aliphatic hydroxyl groups excluding tert-OH is 1. The van der Waals surface area contributed by atoms with Crippen molar-refractivity contribution in [3.63, 3.8) is 0 Å². The maximum absolute atomic E-state index is 14.7. The lowest BCUT2D eigenvalue weighted by molar-refractivity contribution is -0.0154. The van der Waals surface area contributed by atoms with Gasteiger partial charge in [0.2, 0.25) is 6.79 Å². The van der Waals surface area contributed by atoms with Crippen molar-refractivity contribution in [1.82, 2.24) is 0 Å². The summed E-state index contributed by atoms with van der Waals surface area (Å²) in [6.45, 7) is 13.4. The number of aliphatic hydroxyl groups is 1. The standard InChI is InChI=1S/C28H45O6P/c1-17(2)22-10-7-19(5)13-25(22)33-35(30,34-26-14-20(6)8-11-23(26)18(3)4)28(29)21-9-12-24-27(15-21)32-16-31-24/h9,12,15,17-20,22-23,25-26,28-29H,7-8,10-11,13-14,16H2,1-6H3/t19-,20+,22+,23-,25-,26-,28+,35?/m1/s1. The summed E-state index contributed by atoms with van der Waals surface area (Å²) in [7, 11) is -3.94. The molecule has 0 bridgehead atoms. The largest absolute Gasteiger partial charge is 0.454 e. The van der Waals surface area contributed by atoms with Gasteiger partial charge in [0.05, 0.1) is 12.2 Å². The van der Waals surface area contributed by atoms with Gasteiger partial charge in [-0.1, -0.05) is 60.5 Å². The average molecular weight is 509 g/mol. The zero-order valence-corrected chi connectivity index (χ0v) is 23.2. The molecule has 0 amide bonds. The van der Waals surface area contributed by atoms with Gasteiger partial charge in [0, 0.05) is 0 Å². The molecule has 8 atom stereocenters. The summed E-state index contributed by atoms with van der Waals surface area (Å²) in [6, 6.07) is 5.20. The van der Waals surface area contributed by atoms with E-state index in [0.29, 0.717) is 52.6 Å². The van der Waals surface area contributed by atoms with E-state index in [-0.39, 0.29) is 19.0 Å². The highest BCUT2D eigenvalue weighted by Gasteiger charge is 2.46. The van der Waals surface area contributed by atoms with E-state index in [1.807, 2.05) is 0 Å². The normalized spacial score (nSPS) is 33.6. The Kier molecular flexibility index (Phi) is 8.58. The van der Waals surface area contributed by atoms with Crippen molar-refractivity contribution in [3.05, 3.63) is 23.8 Å². The van der Waals surface area contributed by atoms with Crippen LogP contribution in [0.15, 0.2) is 18.2 Å². The van der Waals surface area contributed by atoms with Gasteiger partial charge in [-0.15, -0.1) is 0 Å². The third-order valence-electron chi connectivity index (χ3n) is 8.48. The molecule has 2 fully saturated rings. The fraction of sp³-hybridized carbons (Fsp3) is 0.786. The Morgan fingerprint density at radius 3 is 1.89 bits per heavy atom. The van der Waals surface area contributed by atoms with Crippen LogP contribution in [0.4, 0.5) is 0 Å². The molecule has 6 nitrogen and oxygen atoms in total. The van der Waals surface area contributed by atoms with Crippen LogP contribution in [0.25, 0.3) is 0 Å². The van der Waals surface area contributed by atoms with E-state index in [1.54, 1.807) is 18.2 Å². The number of hydrogen-bond acceptors (Lipinski definition) is 6. The lowest BCUT2D eigenvalue weighted by atomic mass is 9.75. The van der Waals surface area contributed by atoms with E-state index in [2.05, 4.69) is 41.5 Å². The van der Waals surface area contributed by atoms with E-state index in [0.717, 1.165) is 38.5 Å². The Bertz CT molecular complexity index is 863. The van der Waals surface area contributed by atoms with E-state index >= 15 is 0 Å². The van der Waals surface area contributed by atoms with E-state index < -0.39 is 13.4 Å². The molecule has 0 radical (unpaired) electrons. The van der Waals surface area contributed by atoms with Crippen LogP contribution in [-0.4, -0.2) is 24.1 Å². The van der Waals surface area contributed by atoms with Crippen molar-refractivity contribution in [3.8, 4) is 11.5 Å². The fourth-order valence-corrected chi connectivity index (χ4v) is 8.29. The lowest BCUT2D eigenvalue weighted by Gasteiger charge is -2.42. The Balaban J connectivity index is 1.67. The van der Waals surface area contributed by atoms with Crippen LogP contribution in [0.2, 0.25) is 0 Å². The Labute approximate surface area is 211 Å². The summed E-state index contributed by atoms with van der Waals surface area (Å²) < 4.78 is 38.8. The summed E-state index contributed by atoms with van der Waals surface area (Å²) in [5.74, 6) is 2.16. The molecule has 198 valence electrons. The summed E-state index contributed by atoms with van der Waals surface area (Å²) in [6.07, 6.45) is 5.63. The molecule has 2 aliphatic carbocycles. The van der Waals surface area contributed by atoms with Gasteiger partial charge >= 0.3 is 7.60 Å². The van der Waals surface area contributed by atoms with Crippen molar-refractivity contribution in [2.24, 2.45) is 35.5 Å². The first-order valence-corrected chi connectivity index (χ1v) is 15.2. The van der Waals surface area contributed by atoms with E-state index in [9.17, 15) is 9.67 Å². The minimum absolute atomic E-state index is 0.144. The Morgan fingerprint density at radius 1 is 0.857 bits per heavy atom. The van der Waals surface area contributed by atoms with Crippen molar-refractivity contribution in [1.29, 1.82) is 0 Å². The quantitative estimate of drug-likeness (QED) is 0.365. The SMILES string of the molecule is CC(C)[C@H]1CC[C@H](C)C[C@H]1OP(=O)(O[C@@H]1C[C@H](C)CC[C@H]1C(C)C)[C@H](O)c1ccc2c(c1)OCO2. The molecule has 3 aliphatic rings. The van der Waals surface area contributed by atoms with Crippen molar-refractivity contribution >= 4 is 7.60 Å². The predicted octanol–water partition coefficient (Wildman–Crippen LogP) is 7.55. The predicted molar refractivity (Wildman–Crippen MR) is 138 cm³/mol. The molecule has 1 unspecified atom stereocenters. The molecule has 1 heterocycles. The second-order valence-electron chi connectivity index (χ2n) is 12.0. The molecule has 1 N–H and O–H groups in total. The van der Waals surface area contributed by atoms with Gasteiger partial charge in [0.25, 0.3) is 0 Å². The molecule has 2 saturated carbocycles. The summed E-state index contributed by atoms with van der Waals surface area (Å²) in [5, 5.41) is 11.6. The summed E-state index contributed by atoms with van der Waals surface area (Å²) in [5.41, 5.74) is 0.479. The second-order valence-corrected chi connectivity index (χ2v) is 14.0. The molecule has 1 aliphatic heterocycles. The van der Waals surface area contributed by atoms with Gasteiger partial charge in [-0.2, -0.15) is 0 Å². The highest BCUT2D eigenvalue weighted by atomic mass is 31.2. The topological polar surface area (TPSA) is 74.2 Å². The maximum atomic E-state index is 14.7. The molecule has 4 rings (SSSR count). The molecule has 7 heteroatoms. The molecule has 0 aromatic heterocycles. The molecule has 0 saturated heterocycles. The van der Waals surface area contributed by atoms with Crippen LogP contribution >= 0.6 is 7.60 Å². The first kappa shape index (κ1) is 27.0. The number of rotatable bonds is 8. The molecular formula is C28H45O6P. The van der Waals surface area contributed by atoms with Crippen LogP contribution < -0.4 is 9.47 Å². The van der Waals surface area contributed by atoms with Gasteiger partial charge in [0.1, 0.15) is 0 Å². The number of hydrogen-bond donors (Lipinski definition) is 1. The van der Waals surface area contributed by atoms with Crippen molar-refractivity contribution in [2.75, 3.05) is 6.79 Å². The van der Waals surface area contributed by atoms with Gasteiger partial charge in [-0.3, -0.25) is 4.57 Å². The number of fused-ring (bicyclic) bond motifs is 1. The highest BCUT2D eigenvalue weighted by Crippen LogP contribution is 2.64. The first-order valence-electron chi connectivity index (χ1n) is 13.6. The zero-order chi connectivity index (χ0) is 25.3. The van der Waals surface area contributed by atoms with Gasteiger partial charge in [-0.25, -0.2) is 0 Å². The minimum atomic E-state index is -3.94. The molecule has 0 spiro atoms. The molecule has 1 aromatic rings. The van der Waals surface area contributed by atoms with Crippen LogP contribution in [0.3, 0.4) is 0 Å². The van der Waals surface area contributed by atoms with Crippen LogP contribution in [-0.2, 0) is 13.6 Å². The smallest absolute Gasteiger partial charge is 0.363 e. The zero-order valence-electron chi connectivity index (χ0n) is 22.3. The summed E-state index contributed by atoms with van der Waals surface area (Å²) >= 11 is 0. The number of ether oxygens (including phenoxy) is 2. The minimum Gasteiger partial charge on any atom is -0.454 e. The van der Waals surface area contributed by atoms with Crippen LogP contribution in [0.5, 0.6) is 11.5 Å². The van der Waals surface area contributed by atoms with E-state index in [4.69, 9.17) is 18.5 Å². The van der Waals surface area contributed by atoms with Crippen LogP contribution in [0.1, 0.15) is 91.5 Å². The monoisotopic (exact) mass is 508 g/mol. The third-order valence-corrected chi connectivity index (χ3v) is 10.5. The molecular weight excluding hydrogens is 463 g/mol. The highest BCUT2D eigenvalue weighted by molar-refractivity contribution is 7.54. The van der Waals surface area contributed by atoms with Crippen molar-refractivity contribution in [2.45, 2.75) is 98.1 Å². The fourth-order valence-electron chi connectivity index (χ4n) is 6.25. The third kappa shape index (κ3) is 6.09. The second kappa shape index (κ2) is 11.1. The van der Waals surface area contributed by atoms with Gasteiger partial charge < -0.3 is 23.6 Å². The van der Waals surface area contributed by atoms with Gasteiger partial charge in [-0.05, 0) is 78.9 Å².